The average molecular weight is 319 g/mol. The van der Waals surface area contributed by atoms with Crippen LogP contribution in [0.5, 0.6) is 0 Å². The first-order valence-electron chi connectivity index (χ1n) is 4.37. The molecular formula is C10H6BrCl2N3. The fourth-order valence-corrected chi connectivity index (χ4v) is 1.82. The Labute approximate surface area is 111 Å². The molecule has 1 heterocycles. The SMILES string of the molecule is Clc1cc(Nc2ccccc2Br)c(Cl)nn1. The minimum atomic E-state index is 0.278. The van der Waals surface area contributed by atoms with Gasteiger partial charge in [-0.3, -0.25) is 0 Å². The Morgan fingerprint density at radius 1 is 1.06 bits per heavy atom. The lowest BCUT2D eigenvalue weighted by Gasteiger charge is -2.08. The molecular weight excluding hydrogens is 313 g/mol. The molecule has 2 aromatic rings. The highest BCUT2D eigenvalue weighted by atomic mass is 79.9. The molecule has 0 aliphatic heterocycles. The van der Waals surface area contributed by atoms with E-state index in [2.05, 4.69) is 31.4 Å². The maximum absolute atomic E-state index is 5.89. The molecule has 1 aromatic carbocycles. The van der Waals surface area contributed by atoms with Crippen molar-refractivity contribution >= 4 is 50.5 Å². The van der Waals surface area contributed by atoms with Gasteiger partial charge < -0.3 is 5.32 Å². The van der Waals surface area contributed by atoms with E-state index in [0.29, 0.717) is 10.8 Å². The predicted octanol–water partition coefficient (Wildman–Crippen LogP) is 4.29. The molecule has 0 unspecified atom stereocenters. The Balaban J connectivity index is 2.34. The van der Waals surface area contributed by atoms with Crippen LogP contribution in [-0.4, -0.2) is 10.2 Å². The summed E-state index contributed by atoms with van der Waals surface area (Å²) in [4.78, 5) is 0. The summed E-state index contributed by atoms with van der Waals surface area (Å²) in [5.74, 6) is 0. The van der Waals surface area contributed by atoms with E-state index in [-0.39, 0.29) is 5.15 Å². The van der Waals surface area contributed by atoms with Gasteiger partial charge >= 0.3 is 0 Å². The molecule has 16 heavy (non-hydrogen) atoms. The van der Waals surface area contributed by atoms with Crippen molar-refractivity contribution in [3.63, 3.8) is 0 Å². The van der Waals surface area contributed by atoms with Gasteiger partial charge in [-0.1, -0.05) is 35.3 Å². The third-order valence-corrected chi connectivity index (χ3v) is 3.02. The van der Waals surface area contributed by atoms with Crippen molar-refractivity contribution < 1.29 is 0 Å². The molecule has 0 atom stereocenters. The number of anilines is 2. The van der Waals surface area contributed by atoms with E-state index in [1.807, 2.05) is 24.3 Å². The van der Waals surface area contributed by atoms with Gasteiger partial charge in [-0.05, 0) is 28.1 Å². The summed E-state index contributed by atoms with van der Waals surface area (Å²) < 4.78 is 0.930. The highest BCUT2D eigenvalue weighted by Gasteiger charge is 2.05. The summed E-state index contributed by atoms with van der Waals surface area (Å²) in [6, 6.07) is 9.30. The van der Waals surface area contributed by atoms with E-state index in [1.54, 1.807) is 6.07 Å². The molecule has 0 radical (unpaired) electrons. The van der Waals surface area contributed by atoms with Crippen LogP contribution >= 0.6 is 39.1 Å². The van der Waals surface area contributed by atoms with Gasteiger partial charge in [0, 0.05) is 10.5 Å². The van der Waals surface area contributed by atoms with E-state index in [4.69, 9.17) is 23.2 Å². The Morgan fingerprint density at radius 3 is 2.56 bits per heavy atom. The van der Waals surface area contributed by atoms with Gasteiger partial charge in [0.2, 0.25) is 0 Å². The molecule has 3 nitrogen and oxygen atoms in total. The lowest BCUT2D eigenvalue weighted by molar-refractivity contribution is 1.03. The van der Waals surface area contributed by atoms with Gasteiger partial charge in [0.1, 0.15) is 0 Å². The molecule has 0 amide bonds. The highest BCUT2D eigenvalue weighted by Crippen LogP contribution is 2.29. The van der Waals surface area contributed by atoms with Crippen molar-refractivity contribution in [2.75, 3.05) is 5.32 Å². The molecule has 0 spiro atoms. The normalized spacial score (nSPS) is 10.2. The molecule has 0 saturated heterocycles. The van der Waals surface area contributed by atoms with Gasteiger partial charge in [0.05, 0.1) is 11.4 Å². The molecule has 0 fully saturated rings. The molecule has 1 aromatic heterocycles. The smallest absolute Gasteiger partial charge is 0.175 e. The zero-order valence-electron chi connectivity index (χ0n) is 7.92. The average Bonchev–Trinajstić information content (AvgIpc) is 2.27. The Hall–Kier alpha value is -0.840. The van der Waals surface area contributed by atoms with Crippen LogP contribution in [0.3, 0.4) is 0 Å². The van der Waals surface area contributed by atoms with Gasteiger partial charge in [-0.2, -0.15) is 0 Å². The second kappa shape index (κ2) is 4.99. The number of hydrogen-bond donors (Lipinski definition) is 1. The first-order valence-corrected chi connectivity index (χ1v) is 5.92. The summed E-state index contributed by atoms with van der Waals surface area (Å²) in [6.45, 7) is 0. The first-order chi connectivity index (χ1) is 7.66. The molecule has 0 aliphatic rings. The first kappa shape index (κ1) is 11.6. The minimum Gasteiger partial charge on any atom is -0.352 e. The highest BCUT2D eigenvalue weighted by molar-refractivity contribution is 9.10. The van der Waals surface area contributed by atoms with Crippen molar-refractivity contribution in [2.45, 2.75) is 0 Å². The van der Waals surface area contributed by atoms with Crippen LogP contribution in [0.1, 0.15) is 0 Å². The van der Waals surface area contributed by atoms with Crippen molar-refractivity contribution in [3.8, 4) is 0 Å². The lowest BCUT2D eigenvalue weighted by atomic mass is 10.3. The second-order valence-electron chi connectivity index (χ2n) is 2.98. The van der Waals surface area contributed by atoms with Gasteiger partial charge in [0.25, 0.3) is 0 Å². The van der Waals surface area contributed by atoms with Gasteiger partial charge in [-0.25, -0.2) is 0 Å². The minimum absolute atomic E-state index is 0.278. The molecule has 0 saturated carbocycles. The fraction of sp³-hybridized carbons (Fsp3) is 0. The lowest BCUT2D eigenvalue weighted by Crippen LogP contribution is -1.95. The zero-order chi connectivity index (χ0) is 11.5. The van der Waals surface area contributed by atoms with Crippen LogP contribution < -0.4 is 5.32 Å². The van der Waals surface area contributed by atoms with Gasteiger partial charge in [0.15, 0.2) is 10.3 Å². The topological polar surface area (TPSA) is 37.8 Å². The molecule has 0 aliphatic carbocycles. The van der Waals surface area contributed by atoms with E-state index < -0.39 is 0 Å². The van der Waals surface area contributed by atoms with E-state index in [9.17, 15) is 0 Å². The predicted molar refractivity (Wildman–Crippen MR) is 69.5 cm³/mol. The van der Waals surface area contributed by atoms with Gasteiger partial charge in [-0.15, -0.1) is 10.2 Å². The van der Waals surface area contributed by atoms with E-state index >= 15 is 0 Å². The number of rotatable bonds is 2. The third-order valence-electron chi connectivity index (χ3n) is 1.86. The van der Waals surface area contributed by atoms with Crippen molar-refractivity contribution in [1.82, 2.24) is 10.2 Å². The monoisotopic (exact) mass is 317 g/mol. The number of nitrogens with zero attached hydrogens (tertiary/aromatic N) is 2. The quantitative estimate of drug-likeness (QED) is 0.897. The fourth-order valence-electron chi connectivity index (χ4n) is 1.15. The van der Waals surface area contributed by atoms with Crippen LogP contribution in [0.2, 0.25) is 10.3 Å². The number of hydrogen-bond acceptors (Lipinski definition) is 3. The van der Waals surface area contributed by atoms with Crippen LogP contribution in [0.4, 0.5) is 11.4 Å². The number of halogens is 3. The Morgan fingerprint density at radius 2 is 1.81 bits per heavy atom. The standard InChI is InChI=1S/C10H6BrCl2N3/c11-6-3-1-2-4-7(6)14-8-5-9(12)15-16-10(8)13/h1-5H,(H,14,15). The van der Waals surface area contributed by atoms with Crippen molar-refractivity contribution in [2.24, 2.45) is 0 Å². The number of nitrogens with one attached hydrogen (secondary N) is 1. The molecule has 1 N–H and O–H groups in total. The maximum Gasteiger partial charge on any atom is 0.175 e. The maximum atomic E-state index is 5.89. The van der Waals surface area contributed by atoms with Crippen LogP contribution in [0.25, 0.3) is 0 Å². The van der Waals surface area contributed by atoms with Crippen molar-refractivity contribution in [1.29, 1.82) is 0 Å². The Kier molecular flexibility index (Phi) is 3.63. The van der Waals surface area contributed by atoms with Crippen LogP contribution in [0.15, 0.2) is 34.8 Å². The summed E-state index contributed by atoms with van der Waals surface area (Å²) in [5.41, 5.74) is 1.50. The van der Waals surface area contributed by atoms with E-state index in [0.717, 1.165) is 10.2 Å². The zero-order valence-corrected chi connectivity index (χ0v) is 11.0. The number of benzene rings is 1. The third kappa shape index (κ3) is 2.64. The van der Waals surface area contributed by atoms with Crippen LogP contribution in [0, 0.1) is 0 Å². The second-order valence-corrected chi connectivity index (χ2v) is 4.58. The summed E-state index contributed by atoms with van der Waals surface area (Å²) in [5, 5.41) is 11.0. The molecule has 0 bridgehead atoms. The number of aromatic nitrogens is 2. The van der Waals surface area contributed by atoms with E-state index in [1.165, 1.54) is 0 Å². The summed E-state index contributed by atoms with van der Waals surface area (Å²) in [6.07, 6.45) is 0. The largest absolute Gasteiger partial charge is 0.352 e. The summed E-state index contributed by atoms with van der Waals surface area (Å²) in [7, 11) is 0. The van der Waals surface area contributed by atoms with Crippen molar-refractivity contribution in [3.05, 3.63) is 45.1 Å². The Bertz CT molecular complexity index is 519. The molecule has 6 heteroatoms. The molecule has 2 rings (SSSR count). The summed E-state index contributed by atoms with van der Waals surface area (Å²) >= 11 is 15.0. The van der Waals surface area contributed by atoms with Crippen LogP contribution in [-0.2, 0) is 0 Å². The molecule has 82 valence electrons. The number of para-hydroxylation sites is 1.